The number of sulfonamides is 1. The van der Waals surface area contributed by atoms with E-state index >= 15 is 0 Å². The van der Waals surface area contributed by atoms with E-state index in [9.17, 15) is 13.2 Å². The van der Waals surface area contributed by atoms with E-state index < -0.39 is 16.1 Å². The molecule has 0 spiro atoms. The van der Waals surface area contributed by atoms with Crippen LogP contribution in [0, 0.1) is 0 Å². The normalized spacial score (nSPS) is 20.7. The Labute approximate surface area is 126 Å². The molecule has 0 aromatic heterocycles. The largest absolute Gasteiger partial charge is 0.399 e. The molecule has 1 unspecified atom stereocenters. The first-order valence-corrected chi connectivity index (χ1v) is 8.45. The summed E-state index contributed by atoms with van der Waals surface area (Å²) in [6.07, 6.45) is 0.422. The average molecular weight is 362 g/mol. The number of amides is 1. The van der Waals surface area contributed by atoms with Gasteiger partial charge in [0.2, 0.25) is 15.9 Å². The molecule has 1 atom stereocenters. The Balaban J connectivity index is 2.48. The second-order valence-electron chi connectivity index (χ2n) is 4.52. The molecule has 1 aliphatic rings. The van der Waals surface area contributed by atoms with Crippen LogP contribution in [0.25, 0.3) is 0 Å². The zero-order chi connectivity index (χ0) is 14.9. The first-order chi connectivity index (χ1) is 9.37. The van der Waals surface area contributed by atoms with Gasteiger partial charge in [-0.15, -0.1) is 0 Å². The van der Waals surface area contributed by atoms with Crippen molar-refractivity contribution in [2.45, 2.75) is 24.3 Å². The summed E-state index contributed by atoms with van der Waals surface area (Å²) in [5.41, 5.74) is 6.03. The summed E-state index contributed by atoms with van der Waals surface area (Å²) in [7, 11) is -3.76. The third-order valence-electron chi connectivity index (χ3n) is 3.21. The molecule has 1 heterocycles. The van der Waals surface area contributed by atoms with Crippen molar-refractivity contribution in [2.24, 2.45) is 0 Å². The van der Waals surface area contributed by atoms with Crippen LogP contribution in [0.3, 0.4) is 0 Å². The minimum absolute atomic E-state index is 0.0886. The van der Waals surface area contributed by atoms with E-state index in [1.54, 1.807) is 19.1 Å². The van der Waals surface area contributed by atoms with Crippen LogP contribution >= 0.6 is 15.9 Å². The van der Waals surface area contributed by atoms with Gasteiger partial charge in [0.1, 0.15) is 6.04 Å². The molecule has 0 saturated carbocycles. The van der Waals surface area contributed by atoms with Gasteiger partial charge in [-0.1, -0.05) is 6.92 Å². The van der Waals surface area contributed by atoms with Crippen molar-refractivity contribution in [3.05, 3.63) is 22.7 Å². The van der Waals surface area contributed by atoms with Crippen LogP contribution in [0.4, 0.5) is 5.69 Å². The number of carbonyl (C=O) groups is 1. The fourth-order valence-corrected chi connectivity index (χ4v) is 4.84. The van der Waals surface area contributed by atoms with Gasteiger partial charge in [-0.3, -0.25) is 4.79 Å². The lowest BCUT2D eigenvalue weighted by atomic mass is 10.2. The van der Waals surface area contributed by atoms with Crippen LogP contribution in [0.5, 0.6) is 0 Å². The van der Waals surface area contributed by atoms with E-state index in [1.807, 2.05) is 0 Å². The van der Waals surface area contributed by atoms with Crippen molar-refractivity contribution in [3.63, 3.8) is 0 Å². The predicted octanol–water partition coefficient (Wildman–Crippen LogP) is 0.930. The molecule has 1 amide bonds. The summed E-state index contributed by atoms with van der Waals surface area (Å²) in [4.78, 5) is 11.9. The van der Waals surface area contributed by atoms with Crippen molar-refractivity contribution >= 4 is 37.5 Å². The average Bonchev–Trinajstić information content (AvgIpc) is 2.41. The van der Waals surface area contributed by atoms with Crippen LogP contribution in [0.1, 0.15) is 13.3 Å². The number of nitrogens with zero attached hydrogens (tertiary/aromatic N) is 1. The smallest absolute Gasteiger partial charge is 0.245 e. The van der Waals surface area contributed by atoms with Gasteiger partial charge in [0.25, 0.3) is 0 Å². The molecule has 20 heavy (non-hydrogen) atoms. The Kier molecular flexibility index (Phi) is 4.36. The lowest BCUT2D eigenvalue weighted by molar-refractivity contribution is -0.126. The van der Waals surface area contributed by atoms with Crippen LogP contribution in [-0.4, -0.2) is 37.8 Å². The molecule has 1 aromatic carbocycles. The molecular weight excluding hydrogens is 346 g/mol. The maximum absolute atomic E-state index is 12.7. The number of hydrogen-bond acceptors (Lipinski definition) is 4. The second-order valence-corrected chi connectivity index (χ2v) is 7.23. The van der Waals surface area contributed by atoms with Crippen molar-refractivity contribution in [2.75, 3.05) is 18.8 Å². The highest BCUT2D eigenvalue weighted by Gasteiger charge is 2.38. The molecule has 1 saturated heterocycles. The van der Waals surface area contributed by atoms with Crippen molar-refractivity contribution in [3.8, 4) is 0 Å². The van der Waals surface area contributed by atoms with Crippen LogP contribution in [-0.2, 0) is 14.8 Å². The van der Waals surface area contributed by atoms with Gasteiger partial charge >= 0.3 is 0 Å². The van der Waals surface area contributed by atoms with Gasteiger partial charge in [-0.05, 0) is 40.5 Å². The summed E-state index contributed by atoms with van der Waals surface area (Å²) in [5.74, 6) is -0.262. The van der Waals surface area contributed by atoms with E-state index in [1.165, 1.54) is 10.4 Å². The van der Waals surface area contributed by atoms with Gasteiger partial charge in [0, 0.05) is 23.2 Å². The molecule has 3 N–H and O–H groups in total. The molecule has 8 heteroatoms. The lowest BCUT2D eigenvalue weighted by Gasteiger charge is -2.33. The van der Waals surface area contributed by atoms with Crippen LogP contribution in [0.2, 0.25) is 0 Å². The highest BCUT2D eigenvalue weighted by molar-refractivity contribution is 9.10. The fraction of sp³-hybridized carbons (Fsp3) is 0.417. The van der Waals surface area contributed by atoms with E-state index in [2.05, 4.69) is 21.2 Å². The standard InChI is InChI=1S/C12H16BrN3O3S/c1-2-10-12(17)15-5-6-16(10)20(18,19)11-7-8(14)3-4-9(11)13/h3-4,7,10H,2,5-6,14H2,1H3,(H,15,17). The Bertz CT molecular complexity index is 633. The molecule has 110 valence electrons. The van der Waals surface area contributed by atoms with Gasteiger partial charge < -0.3 is 11.1 Å². The van der Waals surface area contributed by atoms with E-state index in [4.69, 9.17) is 5.73 Å². The van der Waals surface area contributed by atoms with Crippen molar-refractivity contribution in [1.82, 2.24) is 9.62 Å². The highest BCUT2D eigenvalue weighted by Crippen LogP contribution is 2.29. The minimum atomic E-state index is -3.76. The minimum Gasteiger partial charge on any atom is -0.399 e. The van der Waals surface area contributed by atoms with Gasteiger partial charge in [-0.25, -0.2) is 8.42 Å². The number of halogens is 1. The zero-order valence-corrected chi connectivity index (χ0v) is 13.4. The number of piperazine rings is 1. The molecule has 0 radical (unpaired) electrons. The number of nitrogen functional groups attached to an aromatic ring is 1. The SMILES string of the molecule is CCC1C(=O)NCCN1S(=O)(=O)c1cc(N)ccc1Br. The Morgan fingerprint density at radius 2 is 2.20 bits per heavy atom. The summed E-state index contributed by atoms with van der Waals surface area (Å²) >= 11 is 3.23. The molecule has 1 fully saturated rings. The molecule has 0 bridgehead atoms. The summed E-state index contributed by atoms with van der Waals surface area (Å²) in [6.45, 7) is 2.36. The first kappa shape index (κ1) is 15.3. The summed E-state index contributed by atoms with van der Waals surface area (Å²) < 4.78 is 27.1. The van der Waals surface area contributed by atoms with Crippen molar-refractivity contribution in [1.29, 1.82) is 0 Å². The number of carbonyl (C=O) groups excluding carboxylic acids is 1. The topological polar surface area (TPSA) is 92.5 Å². The lowest BCUT2D eigenvalue weighted by Crippen LogP contribution is -2.56. The van der Waals surface area contributed by atoms with Gasteiger partial charge in [-0.2, -0.15) is 4.31 Å². The Hall–Kier alpha value is -1.12. The van der Waals surface area contributed by atoms with Crippen molar-refractivity contribution < 1.29 is 13.2 Å². The molecular formula is C12H16BrN3O3S. The molecule has 1 aliphatic heterocycles. The molecule has 1 aromatic rings. The molecule has 6 nitrogen and oxygen atoms in total. The maximum atomic E-state index is 12.7. The van der Waals surface area contributed by atoms with Gasteiger partial charge in [0.15, 0.2) is 0 Å². The number of anilines is 1. The number of hydrogen-bond donors (Lipinski definition) is 2. The zero-order valence-electron chi connectivity index (χ0n) is 11.0. The number of nitrogens with two attached hydrogens (primary N) is 1. The third-order valence-corrected chi connectivity index (χ3v) is 6.11. The number of rotatable bonds is 3. The van der Waals surface area contributed by atoms with Crippen LogP contribution < -0.4 is 11.1 Å². The van der Waals surface area contributed by atoms with E-state index in [0.717, 1.165) is 0 Å². The third kappa shape index (κ3) is 2.68. The summed E-state index contributed by atoms with van der Waals surface area (Å²) in [6, 6.07) is 3.93. The monoisotopic (exact) mass is 361 g/mol. The Morgan fingerprint density at radius 3 is 2.85 bits per heavy atom. The molecule has 0 aliphatic carbocycles. The summed E-state index contributed by atoms with van der Waals surface area (Å²) in [5, 5.41) is 2.68. The first-order valence-electron chi connectivity index (χ1n) is 6.22. The predicted molar refractivity (Wildman–Crippen MR) is 79.5 cm³/mol. The van der Waals surface area contributed by atoms with Gasteiger partial charge in [0.05, 0.1) is 4.90 Å². The number of nitrogens with one attached hydrogen (secondary N) is 1. The quantitative estimate of drug-likeness (QED) is 0.783. The fourth-order valence-electron chi connectivity index (χ4n) is 2.21. The maximum Gasteiger partial charge on any atom is 0.245 e. The number of benzene rings is 1. The van der Waals surface area contributed by atoms with E-state index in [0.29, 0.717) is 23.1 Å². The van der Waals surface area contributed by atoms with E-state index in [-0.39, 0.29) is 17.3 Å². The Morgan fingerprint density at radius 1 is 1.50 bits per heavy atom. The van der Waals surface area contributed by atoms with Crippen LogP contribution in [0.15, 0.2) is 27.6 Å². The second kappa shape index (κ2) is 5.71. The highest BCUT2D eigenvalue weighted by atomic mass is 79.9. The molecule has 2 rings (SSSR count).